The second-order valence-corrected chi connectivity index (χ2v) is 1.41. The molecule has 0 aromatic carbocycles. The topological polar surface area (TPSA) is 101 Å². The Labute approximate surface area is 51.4 Å². The van der Waals surface area contributed by atoms with Gasteiger partial charge < -0.3 is 9.59 Å². The number of nitro groups is 1. The molecular weight excluding hydrogens is 154 g/mol. The van der Waals surface area contributed by atoms with Gasteiger partial charge in [0.2, 0.25) is 12.8 Å². The molecule has 0 spiro atoms. The third-order valence-electron chi connectivity index (χ3n) is 0. The summed E-state index contributed by atoms with van der Waals surface area (Å²) in [6, 6.07) is 0. The van der Waals surface area contributed by atoms with Crippen molar-refractivity contribution in [1.29, 1.82) is 0 Å². The minimum absolute atomic E-state index is 0.806. The summed E-state index contributed by atoms with van der Waals surface area (Å²) in [6.07, 6.45) is 0. The van der Waals surface area contributed by atoms with Crippen molar-refractivity contribution in [2.75, 3.05) is 0 Å². The smallest absolute Gasteiger partial charge is 0.511 e. The van der Waals surface area contributed by atoms with Crippen molar-refractivity contribution >= 4 is 22.0 Å². The van der Waals surface area contributed by atoms with E-state index in [0.29, 0.717) is 0 Å². The molecule has 6 nitrogen and oxygen atoms in total. The van der Waals surface area contributed by atoms with Gasteiger partial charge in [-0.25, -0.2) is 0 Å². The van der Waals surface area contributed by atoms with Crippen molar-refractivity contribution in [3.63, 3.8) is 0 Å². The summed E-state index contributed by atoms with van der Waals surface area (Å²) in [6.45, 7) is 0. The van der Waals surface area contributed by atoms with Crippen LogP contribution in [0.15, 0.2) is 0 Å². The molecule has 0 heterocycles. The van der Waals surface area contributed by atoms with E-state index >= 15 is 0 Å². The van der Waals surface area contributed by atoms with Gasteiger partial charge in [0, 0.05) is 0 Å². The van der Waals surface area contributed by atoms with Crippen LogP contribution >= 0.6 is 12.8 Å². The lowest BCUT2D eigenvalue weighted by atomic mass is 13.4. The van der Waals surface area contributed by atoms with Gasteiger partial charge in [-0.1, -0.05) is 0 Å². The summed E-state index contributed by atoms with van der Waals surface area (Å²) >= 11 is 2.69. The zero-order chi connectivity index (χ0) is 7.15. The average Bonchev–Trinajstić information content (AvgIpc) is 1.25. The van der Waals surface area contributed by atoms with E-state index in [1.165, 1.54) is 0 Å². The van der Waals surface area contributed by atoms with Crippen LogP contribution in [0.25, 0.3) is 0 Å². The maximum atomic E-state index is 8.74. The zero-order valence-electron chi connectivity index (χ0n) is 3.51. The fourth-order valence-electron chi connectivity index (χ4n) is 0. The van der Waals surface area contributed by atoms with Crippen LogP contribution in [-0.2, 0) is 4.46 Å². The Kier molecular flexibility index (Phi) is 8.25. The molecule has 0 aromatic rings. The molecule has 8 heteroatoms. The molecule has 0 fully saturated rings. The monoisotopic (exact) mass is 157 g/mol. The van der Waals surface area contributed by atoms with E-state index in [1.807, 2.05) is 0 Å². The average molecular weight is 157 g/mol. The molecule has 0 bridgehead atoms. The van der Waals surface area contributed by atoms with E-state index in [9.17, 15) is 0 Å². The Morgan fingerprint density at radius 2 is 1.62 bits per heavy atom. The van der Waals surface area contributed by atoms with Gasteiger partial charge in [0.05, 0.1) is 4.33 Å². The maximum absolute atomic E-state index is 8.74. The predicted octanol–water partition coefficient (Wildman–Crippen LogP) is -1.51. The Morgan fingerprint density at radius 3 is 1.62 bits per heavy atom. The first-order valence-corrected chi connectivity index (χ1v) is 2.92. The van der Waals surface area contributed by atoms with Crippen molar-refractivity contribution in [3.05, 3.63) is 10.1 Å². The quantitative estimate of drug-likeness (QED) is 0.172. The molecule has 0 aliphatic heterocycles. The van der Waals surface area contributed by atoms with Gasteiger partial charge in [-0.15, -0.1) is 0 Å². The largest absolute Gasteiger partial charge is 0.761 e. The van der Waals surface area contributed by atoms with Crippen LogP contribution in [0.3, 0.4) is 0 Å². The molecule has 0 atom stereocenters. The van der Waals surface area contributed by atoms with Crippen molar-refractivity contribution in [1.82, 2.24) is 0 Å². The summed E-state index contributed by atoms with van der Waals surface area (Å²) in [5, 5.41) is 8.67. The van der Waals surface area contributed by atoms with Crippen LogP contribution in [0.4, 0.5) is 0 Å². The van der Waals surface area contributed by atoms with Crippen LogP contribution in [0.5, 0.6) is 0 Å². The number of thiol groups is 1. The molecule has 0 aliphatic rings. The van der Waals surface area contributed by atoms with E-state index < -0.39 is 13.5 Å². The number of hydrogen-bond acceptors (Lipinski definition) is 3. The van der Waals surface area contributed by atoms with E-state index in [2.05, 4.69) is 12.8 Å². The molecule has 0 saturated carbocycles. The van der Waals surface area contributed by atoms with Crippen LogP contribution < -0.4 is 0 Å². The highest BCUT2D eigenvalue weighted by atomic mass is 32.1. The second kappa shape index (κ2) is 6.37. The molecule has 0 saturated heterocycles. The highest BCUT2D eigenvalue weighted by Crippen LogP contribution is 1.63. The van der Waals surface area contributed by atoms with Crippen molar-refractivity contribution in [2.45, 2.75) is 0 Å². The highest BCUT2D eigenvalue weighted by Gasteiger charge is 1.85. The number of nitrogens with zero attached hydrogens (tertiary/aromatic N) is 1. The molecular formula is H3NO5SSi. The standard InChI is InChI=1S/HNO2S.H2O3Si/c2-1(3)4;1-4(2)3/h4H;1-2H. The zero-order valence-corrected chi connectivity index (χ0v) is 5.41. The Balaban J connectivity index is 0. The lowest BCUT2D eigenvalue weighted by Crippen LogP contribution is -1.90. The summed E-state index contributed by atoms with van der Waals surface area (Å²) in [5.41, 5.74) is 0. The third-order valence-corrected chi connectivity index (χ3v) is 0. The van der Waals surface area contributed by atoms with Crippen molar-refractivity contribution in [2.24, 2.45) is 0 Å². The first-order valence-electron chi connectivity index (χ1n) is 1.22. The number of hydrogen-bond donors (Lipinski definition) is 3. The Bertz CT molecular complexity index is 70.4. The summed E-state index contributed by atoms with van der Waals surface area (Å²) < 4.78 is 7.94. The molecule has 2 N–H and O–H groups in total. The van der Waals surface area contributed by atoms with E-state index in [1.54, 1.807) is 0 Å². The van der Waals surface area contributed by atoms with Gasteiger partial charge in [-0.3, -0.25) is 14.6 Å². The lowest BCUT2D eigenvalue weighted by Gasteiger charge is -1.58. The lowest BCUT2D eigenvalue weighted by molar-refractivity contribution is -0.278. The minimum Gasteiger partial charge on any atom is -0.511 e. The second-order valence-electron chi connectivity index (χ2n) is 0.520. The fourth-order valence-corrected chi connectivity index (χ4v) is 0. The van der Waals surface area contributed by atoms with Crippen LogP contribution in [0, 0.1) is 10.1 Å². The first kappa shape index (κ1) is 10.4. The van der Waals surface area contributed by atoms with Gasteiger partial charge in [-0.2, -0.15) is 0 Å². The molecule has 0 aromatic heterocycles. The van der Waals surface area contributed by atoms with E-state index in [0.717, 1.165) is 0 Å². The molecule has 0 amide bonds. The molecule has 8 heavy (non-hydrogen) atoms. The SMILES string of the molecule is O=[N+]([O-])S.O=[Si](O)O. The molecule has 48 valence electrons. The van der Waals surface area contributed by atoms with Crippen LogP contribution in [0.1, 0.15) is 0 Å². The van der Waals surface area contributed by atoms with Crippen molar-refractivity contribution < 1.29 is 18.4 Å². The van der Waals surface area contributed by atoms with Gasteiger partial charge in [-0.05, 0) is 0 Å². The summed E-state index contributed by atoms with van der Waals surface area (Å²) in [7, 11) is -3.13. The van der Waals surface area contributed by atoms with Gasteiger partial charge in [0.25, 0.3) is 0 Å². The minimum atomic E-state index is -3.13. The maximum Gasteiger partial charge on any atom is 0.761 e. The van der Waals surface area contributed by atoms with Crippen LogP contribution in [0.2, 0.25) is 0 Å². The molecule has 0 radical (unpaired) electrons. The molecule has 0 rings (SSSR count). The normalized spacial score (nSPS) is 6.12. The molecule has 0 aliphatic carbocycles. The fraction of sp³-hybridized carbons (Fsp3) is 0. The van der Waals surface area contributed by atoms with E-state index in [-0.39, 0.29) is 0 Å². The first-order chi connectivity index (χ1) is 3.46. The third kappa shape index (κ3) is 255. The van der Waals surface area contributed by atoms with Gasteiger partial charge in [0.15, 0.2) is 0 Å². The Morgan fingerprint density at radius 1 is 1.62 bits per heavy atom. The number of rotatable bonds is 0. The molecule has 0 unspecified atom stereocenters. The van der Waals surface area contributed by atoms with Crippen LogP contribution in [-0.4, -0.2) is 23.1 Å². The van der Waals surface area contributed by atoms with Gasteiger partial charge in [0.1, 0.15) is 0 Å². The van der Waals surface area contributed by atoms with Gasteiger partial charge >= 0.3 is 9.17 Å². The summed E-state index contributed by atoms with van der Waals surface area (Å²) in [5.74, 6) is 0. The predicted molar refractivity (Wildman–Crippen MR) is 26.9 cm³/mol. The Hall–Kier alpha value is -0.633. The summed E-state index contributed by atoms with van der Waals surface area (Å²) in [4.78, 5) is 23.0. The highest BCUT2D eigenvalue weighted by molar-refractivity contribution is 7.73. The van der Waals surface area contributed by atoms with E-state index in [4.69, 9.17) is 24.2 Å². The van der Waals surface area contributed by atoms with Crippen molar-refractivity contribution in [3.8, 4) is 0 Å².